The number of fused-ring (bicyclic) bond motifs is 11. The predicted octanol–water partition coefficient (Wildman–Crippen LogP) is 10.4. The monoisotopic (exact) mass is 560 g/mol. The maximum Gasteiger partial charge on any atom is 0.0606 e. The second-order valence-electron chi connectivity index (χ2n) is 13.5. The Morgan fingerprint density at radius 2 is 1.18 bits per heavy atom. The topological polar surface area (TPSA) is 9.86 Å². The third-order valence-electron chi connectivity index (χ3n) is 12.0. The number of hydrogen-bond acceptors (Lipinski definition) is 0. The number of hydrogen-bond donors (Lipinski definition) is 0. The minimum Gasteiger partial charge on any atom is -0.309 e. The zero-order valence-corrected chi connectivity index (χ0v) is 24.2. The van der Waals surface area contributed by atoms with Gasteiger partial charge in [0.15, 0.2) is 0 Å². The molecular weight excluding hydrogens is 532 g/mol. The highest BCUT2D eigenvalue weighted by Crippen LogP contribution is 2.70. The first-order valence-corrected chi connectivity index (χ1v) is 16.2. The Hall–Kier alpha value is -5.08. The van der Waals surface area contributed by atoms with Gasteiger partial charge in [-0.05, 0) is 82.8 Å². The molecule has 4 aliphatic rings. The molecule has 0 radical (unpaired) electrons. The molecule has 0 saturated heterocycles. The number of nitrogens with zero attached hydrogens (tertiary/aromatic N) is 2. The van der Waals surface area contributed by atoms with Crippen LogP contribution in [0.2, 0.25) is 0 Å². The Bertz CT molecular complexity index is 2600. The largest absolute Gasteiger partial charge is 0.309 e. The van der Waals surface area contributed by atoms with Crippen molar-refractivity contribution in [3.63, 3.8) is 0 Å². The van der Waals surface area contributed by atoms with Crippen LogP contribution in [-0.2, 0) is 5.41 Å². The predicted molar refractivity (Wildman–Crippen MR) is 181 cm³/mol. The molecule has 3 atom stereocenters. The van der Waals surface area contributed by atoms with Gasteiger partial charge in [-0.3, -0.25) is 0 Å². The van der Waals surface area contributed by atoms with Crippen molar-refractivity contribution >= 4 is 43.6 Å². The van der Waals surface area contributed by atoms with Crippen LogP contribution in [0, 0.1) is 5.92 Å². The molecule has 2 aliphatic heterocycles. The van der Waals surface area contributed by atoms with Crippen LogP contribution in [0.5, 0.6) is 0 Å². The number of rotatable bonds is 1. The Morgan fingerprint density at radius 3 is 1.98 bits per heavy atom. The van der Waals surface area contributed by atoms with Crippen molar-refractivity contribution in [1.29, 1.82) is 0 Å². The van der Waals surface area contributed by atoms with E-state index in [1.807, 2.05) is 0 Å². The lowest BCUT2D eigenvalue weighted by Crippen LogP contribution is -2.41. The molecule has 2 heteroatoms. The fourth-order valence-corrected chi connectivity index (χ4v) is 10.6. The lowest BCUT2D eigenvalue weighted by molar-refractivity contribution is 0.382. The van der Waals surface area contributed by atoms with Crippen LogP contribution in [0.4, 0.5) is 0 Å². The van der Waals surface area contributed by atoms with Gasteiger partial charge in [-0.2, -0.15) is 0 Å². The molecule has 44 heavy (non-hydrogen) atoms. The summed E-state index contributed by atoms with van der Waals surface area (Å²) >= 11 is 0. The second-order valence-corrected chi connectivity index (χ2v) is 13.5. The summed E-state index contributed by atoms with van der Waals surface area (Å²) in [6.45, 7) is 0. The minimum absolute atomic E-state index is 0.181. The lowest BCUT2D eigenvalue weighted by Gasteiger charge is -2.46. The van der Waals surface area contributed by atoms with Gasteiger partial charge >= 0.3 is 0 Å². The average Bonchev–Trinajstić information content (AvgIpc) is 3.84. The summed E-state index contributed by atoms with van der Waals surface area (Å²) in [5.74, 6) is 1.14. The molecular formula is C42H28N2. The van der Waals surface area contributed by atoms with E-state index in [4.69, 9.17) is 0 Å². The van der Waals surface area contributed by atoms with Crippen molar-refractivity contribution in [2.45, 2.75) is 30.6 Å². The van der Waals surface area contributed by atoms with E-state index in [0.717, 1.165) is 0 Å². The minimum atomic E-state index is -0.181. The smallest absolute Gasteiger partial charge is 0.0606 e. The van der Waals surface area contributed by atoms with Crippen LogP contribution in [0.15, 0.2) is 121 Å². The lowest BCUT2D eigenvalue weighted by atomic mass is 9.60. The van der Waals surface area contributed by atoms with E-state index in [-0.39, 0.29) is 5.41 Å². The normalized spacial score (nSPS) is 21.9. The number of para-hydroxylation sites is 2. The fourth-order valence-electron chi connectivity index (χ4n) is 10.6. The summed E-state index contributed by atoms with van der Waals surface area (Å²) in [5, 5.41) is 5.49. The molecule has 0 amide bonds. The Balaban J connectivity index is 1.39. The van der Waals surface area contributed by atoms with Crippen molar-refractivity contribution in [2.75, 3.05) is 0 Å². The highest BCUT2D eigenvalue weighted by atomic mass is 15.1. The molecule has 8 aromatic rings. The van der Waals surface area contributed by atoms with Crippen LogP contribution >= 0.6 is 0 Å². The van der Waals surface area contributed by atoms with Crippen molar-refractivity contribution in [2.24, 2.45) is 5.92 Å². The molecule has 12 rings (SSSR count). The van der Waals surface area contributed by atoms with E-state index in [0.29, 0.717) is 11.8 Å². The molecule has 2 aromatic heterocycles. The molecule has 2 aliphatic carbocycles. The standard InChI is InChI=1S/C42H28N2/c1-2-9-24(10-3-1)25-17-21-36-33(23-25)42-32-14-8-13-26(32)29-18-19-30-27-11-5-7-16-35(27)44(40(30)38(29)42)37-22-20-31-28-12-4-6-15-34(28)43(36)41(31)39(37)42/h1-7,9-12,15-23,26,32H,8,13-14H2. The molecule has 0 N–H and O–H groups in total. The molecule has 3 unspecified atom stereocenters. The molecule has 2 nitrogen and oxygen atoms in total. The maximum atomic E-state index is 2.64. The molecule has 1 spiro atoms. The quantitative estimate of drug-likeness (QED) is 0.189. The van der Waals surface area contributed by atoms with E-state index in [9.17, 15) is 0 Å². The van der Waals surface area contributed by atoms with E-state index < -0.39 is 0 Å². The molecule has 1 saturated carbocycles. The SMILES string of the molecule is c1ccc(-c2ccc3c(c2)C24c5c(ccc6c7ccccc7n(c56)-c5ccc6c7ccccc7n-3c6c52)C2CCCC24)cc1. The van der Waals surface area contributed by atoms with Gasteiger partial charge in [0.1, 0.15) is 0 Å². The fraction of sp³-hybridized carbons (Fsp3) is 0.143. The van der Waals surface area contributed by atoms with E-state index in [1.165, 1.54) is 90.9 Å². The van der Waals surface area contributed by atoms with Gasteiger partial charge in [0, 0.05) is 27.1 Å². The van der Waals surface area contributed by atoms with Gasteiger partial charge in [0.25, 0.3) is 0 Å². The molecule has 4 heterocycles. The highest BCUT2D eigenvalue weighted by Gasteiger charge is 2.61. The van der Waals surface area contributed by atoms with Gasteiger partial charge in [-0.1, -0.05) is 97.4 Å². The molecule has 206 valence electrons. The Kier molecular flexibility index (Phi) is 3.75. The summed E-state index contributed by atoms with van der Waals surface area (Å²) in [7, 11) is 0. The first kappa shape index (κ1) is 22.5. The van der Waals surface area contributed by atoms with E-state index in [1.54, 1.807) is 16.7 Å². The zero-order valence-electron chi connectivity index (χ0n) is 24.2. The van der Waals surface area contributed by atoms with Crippen LogP contribution in [0.25, 0.3) is 66.1 Å². The van der Waals surface area contributed by atoms with E-state index in [2.05, 4.69) is 130 Å². The van der Waals surface area contributed by atoms with Crippen molar-refractivity contribution in [1.82, 2.24) is 9.13 Å². The van der Waals surface area contributed by atoms with Crippen molar-refractivity contribution < 1.29 is 0 Å². The van der Waals surface area contributed by atoms with Gasteiger partial charge in [0.2, 0.25) is 0 Å². The summed E-state index contributed by atoms with van der Waals surface area (Å²) in [4.78, 5) is 0. The van der Waals surface area contributed by atoms with Gasteiger partial charge < -0.3 is 9.13 Å². The van der Waals surface area contributed by atoms with Crippen LogP contribution in [-0.4, -0.2) is 9.13 Å². The van der Waals surface area contributed by atoms with Gasteiger partial charge in [-0.25, -0.2) is 0 Å². The summed E-state index contributed by atoms with van der Waals surface area (Å²) in [5.41, 5.74) is 16.9. The molecule has 6 aromatic carbocycles. The molecule has 1 fully saturated rings. The number of benzene rings is 6. The summed E-state index contributed by atoms with van der Waals surface area (Å²) in [6.07, 6.45) is 3.86. The first-order chi connectivity index (χ1) is 21.9. The first-order valence-electron chi connectivity index (χ1n) is 16.2. The third-order valence-corrected chi connectivity index (χ3v) is 12.0. The summed E-state index contributed by atoms with van der Waals surface area (Å²) in [6, 6.07) is 46.4. The van der Waals surface area contributed by atoms with Crippen molar-refractivity contribution in [3.05, 3.63) is 144 Å². The van der Waals surface area contributed by atoms with Crippen LogP contribution in [0.3, 0.4) is 0 Å². The summed E-state index contributed by atoms with van der Waals surface area (Å²) < 4.78 is 5.27. The number of aromatic nitrogens is 2. The Labute approximate surface area is 254 Å². The van der Waals surface area contributed by atoms with Gasteiger partial charge in [-0.15, -0.1) is 0 Å². The molecule has 0 bridgehead atoms. The zero-order chi connectivity index (χ0) is 28.3. The third kappa shape index (κ3) is 2.24. The van der Waals surface area contributed by atoms with Gasteiger partial charge in [0.05, 0.1) is 38.9 Å². The van der Waals surface area contributed by atoms with Crippen LogP contribution in [0.1, 0.15) is 47.4 Å². The average molecular weight is 561 g/mol. The second kappa shape index (κ2) is 7.34. The maximum absolute atomic E-state index is 2.64. The Morgan fingerprint density at radius 1 is 0.523 bits per heavy atom. The highest BCUT2D eigenvalue weighted by molar-refractivity contribution is 6.17. The van der Waals surface area contributed by atoms with Crippen LogP contribution < -0.4 is 0 Å². The van der Waals surface area contributed by atoms with E-state index >= 15 is 0 Å². The van der Waals surface area contributed by atoms with Crippen molar-refractivity contribution in [3.8, 4) is 22.5 Å².